The Balaban J connectivity index is 1.71. The minimum absolute atomic E-state index is 0.000984. The van der Waals surface area contributed by atoms with Gasteiger partial charge in [0.05, 0.1) is 30.0 Å². The number of hydrogen-bond donors (Lipinski definition) is 2. The van der Waals surface area contributed by atoms with Crippen LogP contribution < -0.4 is 5.32 Å². The third-order valence-corrected chi connectivity index (χ3v) is 4.55. The van der Waals surface area contributed by atoms with Crippen molar-refractivity contribution in [2.45, 2.75) is 18.6 Å². The van der Waals surface area contributed by atoms with Gasteiger partial charge < -0.3 is 15.2 Å². The van der Waals surface area contributed by atoms with E-state index in [0.29, 0.717) is 6.54 Å². The molecular weight excluding hydrogens is 318 g/mol. The van der Waals surface area contributed by atoms with Gasteiger partial charge in [0.15, 0.2) is 5.11 Å². The van der Waals surface area contributed by atoms with Crippen molar-refractivity contribution in [2.75, 3.05) is 0 Å². The largest absolute Gasteiger partial charge is 0.363 e. The fraction of sp³-hybridized carbons (Fsp3) is 0.167. The smallest absolute Gasteiger partial charge is 0.170 e. The second-order valence-electron chi connectivity index (χ2n) is 5.70. The van der Waals surface area contributed by atoms with E-state index >= 15 is 0 Å². The molecule has 0 aromatic carbocycles. The summed E-state index contributed by atoms with van der Waals surface area (Å²) in [5.41, 5.74) is 3.07. The van der Waals surface area contributed by atoms with E-state index in [2.05, 4.69) is 31.2 Å². The zero-order valence-electron chi connectivity index (χ0n) is 13.0. The molecule has 1 aliphatic rings. The molecule has 3 aromatic heterocycles. The topological polar surface area (TPSA) is 56.8 Å². The molecule has 2 atom stereocenters. The SMILES string of the molecule is S=C1N[C@H](c2ccccn2)[C@H](c2ccc[nH]2)N1Cc1ccccn1. The van der Waals surface area contributed by atoms with Crippen LogP contribution in [0.4, 0.5) is 0 Å². The van der Waals surface area contributed by atoms with Gasteiger partial charge in [-0.1, -0.05) is 12.1 Å². The summed E-state index contributed by atoms with van der Waals surface area (Å²) >= 11 is 5.61. The third-order valence-electron chi connectivity index (χ3n) is 4.20. The maximum absolute atomic E-state index is 5.61. The highest BCUT2D eigenvalue weighted by atomic mass is 32.1. The van der Waals surface area contributed by atoms with E-state index in [9.17, 15) is 0 Å². The van der Waals surface area contributed by atoms with Crippen molar-refractivity contribution in [2.24, 2.45) is 0 Å². The van der Waals surface area contributed by atoms with Crippen molar-refractivity contribution in [3.63, 3.8) is 0 Å². The van der Waals surface area contributed by atoms with Crippen molar-refractivity contribution in [1.82, 2.24) is 25.2 Å². The van der Waals surface area contributed by atoms with Crippen LogP contribution in [0.25, 0.3) is 0 Å². The Morgan fingerprint density at radius 2 is 1.83 bits per heavy atom. The summed E-state index contributed by atoms with van der Waals surface area (Å²) < 4.78 is 0. The summed E-state index contributed by atoms with van der Waals surface area (Å²) in [5, 5.41) is 4.14. The average Bonchev–Trinajstić information content (AvgIpc) is 3.25. The number of H-pyrrole nitrogens is 1. The molecule has 0 spiro atoms. The molecule has 0 unspecified atom stereocenters. The van der Waals surface area contributed by atoms with Gasteiger partial charge in [0, 0.05) is 24.3 Å². The highest BCUT2D eigenvalue weighted by Gasteiger charge is 2.40. The lowest BCUT2D eigenvalue weighted by molar-refractivity contribution is 0.303. The van der Waals surface area contributed by atoms with Crippen LogP contribution in [0.1, 0.15) is 29.2 Å². The van der Waals surface area contributed by atoms with Gasteiger partial charge in [0.1, 0.15) is 0 Å². The van der Waals surface area contributed by atoms with Crippen LogP contribution in [0.3, 0.4) is 0 Å². The Bertz CT molecular complexity index is 804. The van der Waals surface area contributed by atoms with Gasteiger partial charge in [0.2, 0.25) is 0 Å². The minimum Gasteiger partial charge on any atom is -0.363 e. The summed E-state index contributed by atoms with van der Waals surface area (Å²) in [5.74, 6) is 0. The molecule has 5 nitrogen and oxygen atoms in total. The fourth-order valence-electron chi connectivity index (χ4n) is 3.11. The summed E-state index contributed by atoms with van der Waals surface area (Å²) in [6, 6.07) is 16.0. The van der Waals surface area contributed by atoms with E-state index in [-0.39, 0.29) is 12.1 Å². The first-order chi connectivity index (χ1) is 11.8. The van der Waals surface area contributed by atoms with E-state index < -0.39 is 0 Å². The lowest BCUT2D eigenvalue weighted by Crippen LogP contribution is -2.29. The summed E-state index contributed by atoms with van der Waals surface area (Å²) in [6.45, 7) is 0.652. The van der Waals surface area contributed by atoms with Crippen molar-refractivity contribution in [3.8, 4) is 0 Å². The Kier molecular flexibility index (Phi) is 3.96. The van der Waals surface area contributed by atoms with Crippen molar-refractivity contribution >= 4 is 17.3 Å². The molecule has 0 aliphatic carbocycles. The van der Waals surface area contributed by atoms with Crippen molar-refractivity contribution < 1.29 is 0 Å². The number of thiocarbonyl (C=S) groups is 1. The van der Waals surface area contributed by atoms with Gasteiger partial charge in [-0.3, -0.25) is 9.97 Å². The van der Waals surface area contributed by atoms with E-state index in [1.54, 1.807) is 0 Å². The zero-order valence-corrected chi connectivity index (χ0v) is 13.8. The summed E-state index contributed by atoms with van der Waals surface area (Å²) in [7, 11) is 0. The molecule has 0 radical (unpaired) electrons. The lowest BCUT2D eigenvalue weighted by atomic mass is 10.0. The molecule has 6 heteroatoms. The molecule has 120 valence electrons. The van der Waals surface area contributed by atoms with Crippen LogP contribution >= 0.6 is 12.2 Å². The van der Waals surface area contributed by atoms with E-state index in [1.165, 1.54) is 0 Å². The van der Waals surface area contributed by atoms with E-state index in [4.69, 9.17) is 12.2 Å². The van der Waals surface area contributed by atoms with Gasteiger partial charge in [-0.2, -0.15) is 0 Å². The zero-order chi connectivity index (χ0) is 16.4. The number of pyridine rings is 2. The highest BCUT2D eigenvalue weighted by molar-refractivity contribution is 7.80. The van der Waals surface area contributed by atoms with Crippen LogP contribution in [0.5, 0.6) is 0 Å². The molecule has 0 saturated carbocycles. The molecule has 1 aliphatic heterocycles. The Hall–Kier alpha value is -2.73. The van der Waals surface area contributed by atoms with E-state index in [0.717, 1.165) is 22.2 Å². The third kappa shape index (κ3) is 2.76. The van der Waals surface area contributed by atoms with Gasteiger partial charge in [-0.05, 0) is 48.6 Å². The quantitative estimate of drug-likeness (QED) is 0.718. The first kappa shape index (κ1) is 14.8. The van der Waals surface area contributed by atoms with Crippen molar-refractivity contribution in [3.05, 3.63) is 84.2 Å². The summed E-state index contributed by atoms with van der Waals surface area (Å²) in [6.07, 6.45) is 5.56. The second kappa shape index (κ2) is 6.41. The molecule has 3 aromatic rings. The van der Waals surface area contributed by atoms with Crippen LogP contribution in [0.15, 0.2) is 67.1 Å². The van der Waals surface area contributed by atoms with Crippen LogP contribution in [0, 0.1) is 0 Å². The number of rotatable bonds is 4. The normalized spacial score (nSPS) is 20.2. The van der Waals surface area contributed by atoms with Gasteiger partial charge in [0.25, 0.3) is 0 Å². The second-order valence-corrected chi connectivity index (χ2v) is 6.09. The lowest BCUT2D eigenvalue weighted by Gasteiger charge is -2.26. The molecular formula is C18H17N5S. The molecule has 4 rings (SSSR count). The number of hydrogen-bond acceptors (Lipinski definition) is 3. The number of nitrogens with zero attached hydrogens (tertiary/aromatic N) is 3. The number of aromatic nitrogens is 3. The molecule has 0 amide bonds. The monoisotopic (exact) mass is 335 g/mol. The predicted octanol–water partition coefficient (Wildman–Crippen LogP) is 2.98. The number of nitrogens with one attached hydrogen (secondary N) is 2. The molecule has 0 bridgehead atoms. The highest BCUT2D eigenvalue weighted by Crippen LogP contribution is 2.38. The molecule has 4 heterocycles. The maximum atomic E-state index is 5.61. The van der Waals surface area contributed by atoms with Crippen molar-refractivity contribution in [1.29, 1.82) is 0 Å². The molecule has 2 N–H and O–H groups in total. The molecule has 24 heavy (non-hydrogen) atoms. The average molecular weight is 335 g/mol. The van der Waals surface area contributed by atoms with Gasteiger partial charge in [-0.25, -0.2) is 0 Å². The van der Waals surface area contributed by atoms with Crippen LogP contribution in [-0.4, -0.2) is 25.0 Å². The van der Waals surface area contributed by atoms with Gasteiger partial charge >= 0.3 is 0 Å². The first-order valence-electron chi connectivity index (χ1n) is 7.84. The van der Waals surface area contributed by atoms with Gasteiger partial charge in [-0.15, -0.1) is 0 Å². The molecule has 1 saturated heterocycles. The Labute approximate surface area is 145 Å². The standard InChI is InChI=1S/C18H17N5S/c24-18-22-16(14-7-2-4-10-20-14)17(15-8-5-11-21-15)23(18)12-13-6-1-3-9-19-13/h1-11,16-17,21H,12H2,(H,22,24)/t16-,17+/m1/s1. The Morgan fingerprint density at radius 3 is 2.50 bits per heavy atom. The molecule has 1 fully saturated rings. The predicted molar refractivity (Wildman–Crippen MR) is 96.0 cm³/mol. The summed E-state index contributed by atoms with van der Waals surface area (Å²) in [4.78, 5) is 14.4. The number of aromatic amines is 1. The van der Waals surface area contributed by atoms with E-state index in [1.807, 2.05) is 61.1 Å². The Morgan fingerprint density at radius 1 is 1.00 bits per heavy atom. The fourth-order valence-corrected chi connectivity index (χ4v) is 3.41. The minimum atomic E-state index is 0.000984. The van der Waals surface area contributed by atoms with Crippen LogP contribution in [-0.2, 0) is 6.54 Å². The maximum Gasteiger partial charge on any atom is 0.170 e. The first-order valence-corrected chi connectivity index (χ1v) is 8.25. The van der Waals surface area contributed by atoms with Crippen LogP contribution in [0.2, 0.25) is 0 Å².